The van der Waals surface area contributed by atoms with Gasteiger partial charge in [0.25, 0.3) is 0 Å². The minimum atomic E-state index is -0.451. The smallest absolute Gasteiger partial charge is 0.175 e. The van der Waals surface area contributed by atoms with E-state index in [4.69, 9.17) is 35.4 Å². The average molecular weight is 333 g/mol. The second-order valence-corrected chi connectivity index (χ2v) is 5.05. The zero-order valence-corrected chi connectivity index (χ0v) is 12.2. The Labute approximate surface area is 129 Å². The highest BCUT2D eigenvalue weighted by Gasteiger charge is 2.07. The molecule has 0 atom stereocenters. The largest absolute Gasteiger partial charge is 0.331 e. The van der Waals surface area contributed by atoms with Gasteiger partial charge in [0.15, 0.2) is 5.11 Å². The number of anilines is 2. The summed E-state index contributed by atoms with van der Waals surface area (Å²) in [5, 5.41) is 6.17. The summed E-state index contributed by atoms with van der Waals surface area (Å²) in [6, 6.07) is 7.70. The molecule has 2 aromatic rings. The van der Waals surface area contributed by atoms with Crippen LogP contribution in [-0.2, 0) is 0 Å². The van der Waals surface area contributed by atoms with Crippen LogP contribution < -0.4 is 10.6 Å². The summed E-state index contributed by atoms with van der Waals surface area (Å²) in [6.45, 7) is 0. The molecule has 0 aliphatic rings. The van der Waals surface area contributed by atoms with E-state index in [9.17, 15) is 8.78 Å². The summed E-state index contributed by atoms with van der Waals surface area (Å²) >= 11 is 16.8. The molecule has 0 radical (unpaired) electrons. The minimum Gasteiger partial charge on any atom is -0.331 e. The third-order valence-electron chi connectivity index (χ3n) is 2.36. The molecule has 0 amide bonds. The molecule has 2 rings (SSSR count). The molecule has 20 heavy (non-hydrogen) atoms. The molecule has 2 nitrogen and oxygen atoms in total. The van der Waals surface area contributed by atoms with E-state index < -0.39 is 11.6 Å². The molecule has 0 saturated heterocycles. The van der Waals surface area contributed by atoms with Gasteiger partial charge in [0, 0.05) is 0 Å². The van der Waals surface area contributed by atoms with Crippen LogP contribution in [0.1, 0.15) is 0 Å². The fourth-order valence-electron chi connectivity index (χ4n) is 1.46. The number of rotatable bonds is 2. The summed E-state index contributed by atoms with van der Waals surface area (Å²) in [6.07, 6.45) is 0. The fraction of sp³-hybridized carbons (Fsp3) is 0. The van der Waals surface area contributed by atoms with E-state index in [0.29, 0.717) is 16.4 Å². The lowest BCUT2D eigenvalue weighted by molar-refractivity contribution is 0.628. The molecule has 0 heterocycles. The summed E-state index contributed by atoms with van der Waals surface area (Å²) in [7, 11) is 0. The van der Waals surface area contributed by atoms with E-state index >= 15 is 0 Å². The Kier molecular flexibility index (Phi) is 4.75. The van der Waals surface area contributed by atoms with Crippen LogP contribution in [0, 0.1) is 11.6 Å². The maximum atomic E-state index is 13.1. The summed E-state index contributed by atoms with van der Waals surface area (Å²) in [5.41, 5.74) is 0.750. The van der Waals surface area contributed by atoms with Crippen molar-refractivity contribution in [3.05, 3.63) is 58.1 Å². The predicted octanol–water partition coefficient (Wildman–Crippen LogP) is 5.08. The van der Waals surface area contributed by atoms with Crippen molar-refractivity contribution in [3.63, 3.8) is 0 Å². The van der Waals surface area contributed by atoms with E-state index in [0.717, 1.165) is 6.07 Å². The molecule has 0 fully saturated rings. The van der Waals surface area contributed by atoms with Crippen LogP contribution in [0.3, 0.4) is 0 Å². The molecule has 2 N–H and O–H groups in total. The lowest BCUT2D eigenvalue weighted by Crippen LogP contribution is -2.19. The number of hydrogen-bond acceptors (Lipinski definition) is 1. The first-order valence-electron chi connectivity index (χ1n) is 5.44. The molecule has 0 aromatic heterocycles. The lowest BCUT2D eigenvalue weighted by Gasteiger charge is -2.12. The van der Waals surface area contributed by atoms with Crippen LogP contribution in [0.4, 0.5) is 20.2 Å². The highest BCUT2D eigenvalue weighted by Crippen LogP contribution is 2.25. The Balaban J connectivity index is 2.11. The Morgan fingerprint density at radius 3 is 2.15 bits per heavy atom. The van der Waals surface area contributed by atoms with E-state index in [1.165, 1.54) is 30.3 Å². The topological polar surface area (TPSA) is 24.1 Å². The van der Waals surface area contributed by atoms with Gasteiger partial charge in [0.1, 0.15) is 11.6 Å². The zero-order valence-electron chi connectivity index (χ0n) is 9.88. The first-order valence-corrected chi connectivity index (χ1v) is 6.60. The maximum absolute atomic E-state index is 13.1. The van der Waals surface area contributed by atoms with Crippen molar-refractivity contribution in [1.82, 2.24) is 0 Å². The maximum Gasteiger partial charge on any atom is 0.175 e. The Hall–Kier alpha value is -1.43. The molecule has 0 unspecified atom stereocenters. The van der Waals surface area contributed by atoms with Gasteiger partial charge < -0.3 is 10.6 Å². The van der Waals surface area contributed by atoms with Crippen LogP contribution in [0.2, 0.25) is 10.0 Å². The number of hydrogen-bond donors (Lipinski definition) is 2. The first-order chi connectivity index (χ1) is 9.45. The average Bonchev–Trinajstić information content (AvgIpc) is 2.37. The predicted molar refractivity (Wildman–Crippen MR) is 82.7 cm³/mol. The quantitative estimate of drug-likeness (QED) is 0.750. The molecule has 0 aliphatic carbocycles. The molecule has 0 saturated carbocycles. The number of benzene rings is 2. The van der Waals surface area contributed by atoms with Crippen molar-refractivity contribution in [1.29, 1.82) is 0 Å². The van der Waals surface area contributed by atoms with Gasteiger partial charge in [-0.05, 0) is 48.6 Å². The normalized spacial score (nSPS) is 10.2. The van der Waals surface area contributed by atoms with Crippen LogP contribution in [0.15, 0.2) is 36.4 Å². The number of thiocarbonyl (C=S) groups is 1. The van der Waals surface area contributed by atoms with E-state index in [-0.39, 0.29) is 10.1 Å². The molecule has 0 bridgehead atoms. The van der Waals surface area contributed by atoms with Gasteiger partial charge in [-0.3, -0.25) is 0 Å². The van der Waals surface area contributed by atoms with Crippen molar-refractivity contribution in [2.45, 2.75) is 0 Å². The number of halogens is 4. The third kappa shape index (κ3) is 3.79. The van der Waals surface area contributed by atoms with Crippen LogP contribution in [0.25, 0.3) is 0 Å². The standard InChI is InChI=1S/C13H8Cl2F2N2S/c14-9-3-1-8(17)6-12(9)19-13(20)18-11-4-2-7(16)5-10(11)15/h1-6H,(H2,18,19,20). The van der Waals surface area contributed by atoms with Crippen molar-refractivity contribution in [3.8, 4) is 0 Å². The monoisotopic (exact) mass is 332 g/mol. The van der Waals surface area contributed by atoms with Crippen molar-refractivity contribution in [2.24, 2.45) is 0 Å². The van der Waals surface area contributed by atoms with E-state index in [1.54, 1.807) is 0 Å². The summed E-state index contributed by atoms with van der Waals surface area (Å²) in [4.78, 5) is 0. The highest BCUT2D eigenvalue weighted by molar-refractivity contribution is 7.80. The van der Waals surface area contributed by atoms with Crippen molar-refractivity contribution in [2.75, 3.05) is 10.6 Å². The fourth-order valence-corrected chi connectivity index (χ4v) is 2.06. The molecule has 104 valence electrons. The second-order valence-electron chi connectivity index (χ2n) is 3.83. The van der Waals surface area contributed by atoms with Gasteiger partial charge in [-0.1, -0.05) is 23.2 Å². The molecular formula is C13H8Cl2F2N2S. The van der Waals surface area contributed by atoms with Gasteiger partial charge in [0.05, 0.1) is 21.4 Å². The van der Waals surface area contributed by atoms with Crippen LogP contribution >= 0.6 is 35.4 Å². The summed E-state index contributed by atoms with van der Waals surface area (Å²) in [5.74, 6) is -0.896. The lowest BCUT2D eigenvalue weighted by atomic mass is 10.3. The van der Waals surface area contributed by atoms with Gasteiger partial charge in [-0.25, -0.2) is 8.78 Å². The highest BCUT2D eigenvalue weighted by atomic mass is 35.5. The third-order valence-corrected chi connectivity index (χ3v) is 3.20. The molecule has 0 aliphatic heterocycles. The van der Waals surface area contributed by atoms with E-state index in [1.807, 2.05) is 0 Å². The van der Waals surface area contributed by atoms with Crippen LogP contribution in [-0.4, -0.2) is 5.11 Å². The van der Waals surface area contributed by atoms with Gasteiger partial charge >= 0.3 is 0 Å². The molecule has 0 spiro atoms. The molecular weight excluding hydrogens is 325 g/mol. The van der Waals surface area contributed by atoms with Gasteiger partial charge in [0.2, 0.25) is 0 Å². The Morgan fingerprint density at radius 1 is 0.850 bits per heavy atom. The van der Waals surface area contributed by atoms with Crippen molar-refractivity contribution < 1.29 is 8.78 Å². The van der Waals surface area contributed by atoms with Crippen molar-refractivity contribution >= 4 is 51.9 Å². The first kappa shape index (κ1) is 15.0. The molecule has 7 heteroatoms. The molecule has 2 aromatic carbocycles. The zero-order chi connectivity index (χ0) is 14.7. The number of nitrogens with one attached hydrogen (secondary N) is 2. The van der Waals surface area contributed by atoms with Gasteiger partial charge in [-0.15, -0.1) is 0 Å². The Bertz CT molecular complexity index is 665. The van der Waals surface area contributed by atoms with E-state index in [2.05, 4.69) is 10.6 Å². The SMILES string of the molecule is Fc1ccc(NC(=S)Nc2cc(F)ccc2Cl)c(Cl)c1. The van der Waals surface area contributed by atoms with Gasteiger partial charge in [-0.2, -0.15) is 0 Å². The second kappa shape index (κ2) is 6.35. The summed E-state index contributed by atoms with van der Waals surface area (Å²) < 4.78 is 26.0. The minimum absolute atomic E-state index is 0.158. The Morgan fingerprint density at radius 2 is 1.45 bits per heavy atom. The van der Waals surface area contributed by atoms with Crippen LogP contribution in [0.5, 0.6) is 0 Å².